The average molecular weight is 409 g/mol. The van der Waals surface area contributed by atoms with E-state index in [0.29, 0.717) is 33.8 Å². The topological polar surface area (TPSA) is 98.7 Å². The molecule has 4 aromatic rings. The third kappa shape index (κ3) is 4.17. The molecule has 1 N–H and O–H groups in total. The van der Waals surface area contributed by atoms with Gasteiger partial charge in [0.15, 0.2) is 11.6 Å². The molecule has 8 nitrogen and oxygen atoms in total. The van der Waals surface area contributed by atoms with Crippen molar-refractivity contribution in [1.82, 2.24) is 24.7 Å². The van der Waals surface area contributed by atoms with Gasteiger partial charge in [-0.1, -0.05) is 23.7 Å². The number of imidazole rings is 1. The second-order valence-corrected chi connectivity index (χ2v) is 6.70. The number of carbonyl (C=O) groups is 1. The zero-order valence-corrected chi connectivity index (χ0v) is 16.3. The number of pyridine rings is 1. The van der Waals surface area contributed by atoms with Crippen molar-refractivity contribution in [3.05, 3.63) is 71.7 Å². The highest BCUT2D eigenvalue weighted by atomic mass is 35.5. The summed E-state index contributed by atoms with van der Waals surface area (Å²) in [6.45, 7) is 2.05. The molecule has 0 aliphatic carbocycles. The van der Waals surface area contributed by atoms with Crippen LogP contribution in [0.2, 0.25) is 5.02 Å². The first-order chi connectivity index (χ1) is 14.1. The summed E-state index contributed by atoms with van der Waals surface area (Å²) in [7, 11) is 0. The summed E-state index contributed by atoms with van der Waals surface area (Å²) in [5.74, 6) is 1.21. The van der Waals surface area contributed by atoms with Gasteiger partial charge in [-0.3, -0.25) is 9.36 Å². The molecule has 9 heteroatoms. The Morgan fingerprint density at radius 3 is 2.83 bits per heavy atom. The number of hydrogen-bond acceptors (Lipinski definition) is 6. The molecule has 4 rings (SSSR count). The minimum Gasteiger partial charge on any atom is -0.334 e. The third-order valence-corrected chi connectivity index (χ3v) is 4.37. The van der Waals surface area contributed by atoms with Crippen LogP contribution in [0.5, 0.6) is 0 Å². The van der Waals surface area contributed by atoms with Crippen LogP contribution in [0, 0.1) is 0 Å². The summed E-state index contributed by atoms with van der Waals surface area (Å²) in [4.78, 5) is 25.5. The van der Waals surface area contributed by atoms with Gasteiger partial charge in [0.1, 0.15) is 12.0 Å². The Morgan fingerprint density at radius 2 is 2.03 bits per heavy atom. The van der Waals surface area contributed by atoms with E-state index in [2.05, 4.69) is 25.4 Å². The Labute approximate surface area is 171 Å². The van der Waals surface area contributed by atoms with Crippen LogP contribution in [0.3, 0.4) is 0 Å². The number of nitrogens with one attached hydrogen (secondary N) is 1. The van der Waals surface area contributed by atoms with Crippen molar-refractivity contribution in [3.63, 3.8) is 0 Å². The number of anilines is 1. The first-order valence-electron chi connectivity index (χ1n) is 9.03. The largest absolute Gasteiger partial charge is 0.334 e. The van der Waals surface area contributed by atoms with E-state index in [1.54, 1.807) is 47.3 Å². The van der Waals surface area contributed by atoms with Crippen molar-refractivity contribution in [1.29, 1.82) is 0 Å². The first-order valence-corrected chi connectivity index (χ1v) is 9.41. The van der Waals surface area contributed by atoms with Crippen LogP contribution in [0.25, 0.3) is 17.3 Å². The molecule has 0 saturated carbocycles. The summed E-state index contributed by atoms with van der Waals surface area (Å²) < 4.78 is 7.03. The van der Waals surface area contributed by atoms with Crippen molar-refractivity contribution in [3.8, 4) is 17.3 Å². The molecular formula is C20H17ClN6O2. The molecular weight excluding hydrogens is 392 g/mol. The van der Waals surface area contributed by atoms with E-state index in [9.17, 15) is 4.79 Å². The van der Waals surface area contributed by atoms with E-state index in [1.807, 2.05) is 13.0 Å². The van der Waals surface area contributed by atoms with Crippen molar-refractivity contribution in [2.45, 2.75) is 19.8 Å². The van der Waals surface area contributed by atoms with Gasteiger partial charge in [-0.15, -0.1) is 0 Å². The first kappa shape index (κ1) is 18.8. The molecule has 1 aromatic carbocycles. The average Bonchev–Trinajstić information content (AvgIpc) is 3.40. The Balaban J connectivity index is 1.59. The van der Waals surface area contributed by atoms with E-state index < -0.39 is 0 Å². The second-order valence-electron chi connectivity index (χ2n) is 6.27. The summed E-state index contributed by atoms with van der Waals surface area (Å²) in [5.41, 5.74) is 1.53. The Morgan fingerprint density at radius 1 is 1.21 bits per heavy atom. The highest BCUT2D eigenvalue weighted by molar-refractivity contribution is 6.30. The fourth-order valence-electron chi connectivity index (χ4n) is 2.74. The molecule has 0 spiro atoms. The quantitative estimate of drug-likeness (QED) is 0.514. The fourth-order valence-corrected chi connectivity index (χ4v) is 2.87. The molecule has 146 valence electrons. The van der Waals surface area contributed by atoms with Crippen molar-refractivity contribution in [2.24, 2.45) is 0 Å². The lowest BCUT2D eigenvalue weighted by atomic mass is 10.2. The van der Waals surface area contributed by atoms with Gasteiger partial charge in [0.05, 0.1) is 5.56 Å². The molecule has 0 saturated heterocycles. The molecule has 0 aliphatic heterocycles. The molecule has 1 amide bonds. The lowest BCUT2D eigenvalue weighted by Crippen LogP contribution is -2.12. The number of hydrogen-bond donors (Lipinski definition) is 1. The van der Waals surface area contributed by atoms with Gasteiger partial charge in [0.25, 0.3) is 11.8 Å². The highest BCUT2D eigenvalue weighted by Crippen LogP contribution is 2.24. The van der Waals surface area contributed by atoms with Gasteiger partial charge in [-0.2, -0.15) is 4.98 Å². The fraction of sp³-hybridized carbons (Fsp3) is 0.150. The van der Waals surface area contributed by atoms with Gasteiger partial charge in [-0.25, -0.2) is 9.97 Å². The smallest absolute Gasteiger partial charge is 0.275 e. The number of carbonyl (C=O) groups excluding carboxylic acids is 1. The molecule has 0 aliphatic rings. The van der Waals surface area contributed by atoms with Crippen LogP contribution >= 0.6 is 11.6 Å². The van der Waals surface area contributed by atoms with E-state index in [1.165, 1.54) is 6.33 Å². The highest BCUT2D eigenvalue weighted by Gasteiger charge is 2.17. The lowest BCUT2D eigenvalue weighted by Gasteiger charge is -2.05. The monoisotopic (exact) mass is 408 g/mol. The zero-order chi connectivity index (χ0) is 20.2. The Kier molecular flexibility index (Phi) is 5.35. The summed E-state index contributed by atoms with van der Waals surface area (Å²) in [5, 5.41) is 7.37. The van der Waals surface area contributed by atoms with E-state index in [0.717, 1.165) is 12.8 Å². The Bertz CT molecular complexity index is 1140. The number of rotatable bonds is 6. The summed E-state index contributed by atoms with van der Waals surface area (Å²) in [6.07, 6.45) is 6.42. The maximum atomic E-state index is 12.5. The van der Waals surface area contributed by atoms with E-state index in [-0.39, 0.29) is 11.6 Å². The molecule has 0 fully saturated rings. The standard InChI is InChI=1S/C20H17ClN6O2/c1-2-4-17-25-20(29-26-17)15-5-3-10-22-18(15)27-11-16(23-12-27)19(28)24-14-8-6-13(21)7-9-14/h3,5-12H,2,4H2,1H3,(H,24,28). The van der Waals surface area contributed by atoms with Gasteiger partial charge < -0.3 is 9.84 Å². The SMILES string of the molecule is CCCc1noc(-c2cccnc2-n2cnc(C(=O)Nc3ccc(Cl)cc3)c2)n1. The molecule has 0 radical (unpaired) electrons. The van der Waals surface area contributed by atoms with E-state index >= 15 is 0 Å². The maximum Gasteiger partial charge on any atom is 0.275 e. The molecule has 29 heavy (non-hydrogen) atoms. The zero-order valence-electron chi connectivity index (χ0n) is 15.5. The summed E-state index contributed by atoms with van der Waals surface area (Å²) in [6, 6.07) is 10.5. The van der Waals surface area contributed by atoms with Gasteiger partial charge >= 0.3 is 0 Å². The van der Waals surface area contributed by atoms with Gasteiger partial charge in [0.2, 0.25) is 0 Å². The van der Waals surface area contributed by atoms with Crippen LogP contribution in [0.15, 0.2) is 59.6 Å². The number of benzene rings is 1. The van der Waals surface area contributed by atoms with Crippen LogP contribution in [0.1, 0.15) is 29.7 Å². The third-order valence-electron chi connectivity index (χ3n) is 4.12. The van der Waals surface area contributed by atoms with Crippen LogP contribution in [-0.4, -0.2) is 30.6 Å². The normalized spacial score (nSPS) is 10.8. The molecule has 0 atom stereocenters. The van der Waals surface area contributed by atoms with Crippen LogP contribution in [-0.2, 0) is 6.42 Å². The second kappa shape index (κ2) is 8.24. The maximum absolute atomic E-state index is 12.5. The van der Waals surface area contributed by atoms with E-state index in [4.69, 9.17) is 16.1 Å². The predicted octanol–water partition coefficient (Wildman–Crippen LogP) is 4.18. The summed E-state index contributed by atoms with van der Waals surface area (Å²) >= 11 is 5.87. The molecule has 3 aromatic heterocycles. The lowest BCUT2D eigenvalue weighted by molar-refractivity contribution is 0.102. The van der Waals surface area contributed by atoms with Crippen LogP contribution < -0.4 is 5.32 Å². The van der Waals surface area contributed by atoms with Crippen molar-refractivity contribution < 1.29 is 9.32 Å². The van der Waals surface area contributed by atoms with Gasteiger partial charge in [0, 0.05) is 29.5 Å². The number of aryl methyl sites for hydroxylation is 1. The van der Waals surface area contributed by atoms with Crippen molar-refractivity contribution in [2.75, 3.05) is 5.32 Å². The molecule has 0 unspecified atom stereocenters. The number of amides is 1. The van der Waals surface area contributed by atoms with Crippen molar-refractivity contribution >= 4 is 23.2 Å². The van der Waals surface area contributed by atoms with Crippen LogP contribution in [0.4, 0.5) is 5.69 Å². The Hall–Kier alpha value is -3.52. The number of aromatic nitrogens is 5. The predicted molar refractivity (Wildman–Crippen MR) is 108 cm³/mol. The molecule has 0 bridgehead atoms. The minimum absolute atomic E-state index is 0.244. The molecule has 3 heterocycles. The number of nitrogens with zero attached hydrogens (tertiary/aromatic N) is 5. The van der Waals surface area contributed by atoms with Gasteiger partial charge in [-0.05, 0) is 42.8 Å². The number of halogens is 1. The minimum atomic E-state index is -0.341.